The quantitative estimate of drug-likeness (QED) is 0.0214. The SMILES string of the molecule is CC/C=C\C/C=C\C/C=C\C/C=C\C/C=C\CCCC(=O)OC(COCCCCCCCCCCCCC/C=C\C/C=C\C/C=C\CCCCCCC)COP(=O)(O)OCC[N+](C)(C)C. The minimum Gasteiger partial charge on any atom is -0.457 e. The first-order valence-corrected chi connectivity index (χ1v) is 27.5. The van der Waals surface area contributed by atoms with E-state index in [0.29, 0.717) is 24.1 Å². The Balaban J connectivity index is 4.20. The second-order valence-electron chi connectivity index (χ2n) is 18.2. The maximum atomic E-state index is 12.7. The maximum Gasteiger partial charge on any atom is 0.472 e. The summed E-state index contributed by atoms with van der Waals surface area (Å²) in [5.74, 6) is -0.373. The highest BCUT2D eigenvalue weighted by Crippen LogP contribution is 2.43. The van der Waals surface area contributed by atoms with Crippen molar-refractivity contribution >= 4 is 13.8 Å². The lowest BCUT2D eigenvalue weighted by molar-refractivity contribution is -0.870. The van der Waals surface area contributed by atoms with Crippen LogP contribution in [0.4, 0.5) is 0 Å². The summed E-state index contributed by atoms with van der Waals surface area (Å²) in [6.45, 7) is 5.40. The molecule has 2 atom stereocenters. The van der Waals surface area contributed by atoms with E-state index in [0.717, 1.165) is 64.2 Å². The summed E-state index contributed by atoms with van der Waals surface area (Å²) in [6, 6.07) is 0. The van der Waals surface area contributed by atoms with Crippen LogP contribution in [0.2, 0.25) is 0 Å². The fourth-order valence-corrected chi connectivity index (χ4v) is 7.40. The lowest BCUT2D eigenvalue weighted by Crippen LogP contribution is -2.37. The molecular weight excluding hydrogens is 830 g/mol. The average molecular weight is 929 g/mol. The molecule has 0 aliphatic rings. The van der Waals surface area contributed by atoms with Gasteiger partial charge in [0, 0.05) is 13.0 Å². The molecule has 0 saturated heterocycles. The minimum atomic E-state index is -4.30. The zero-order valence-electron chi connectivity index (χ0n) is 42.4. The molecule has 0 radical (unpaired) electrons. The van der Waals surface area contributed by atoms with Crippen LogP contribution in [0.1, 0.15) is 194 Å². The number of rotatable bonds is 47. The number of hydrogen-bond acceptors (Lipinski definition) is 6. The summed E-state index contributed by atoms with van der Waals surface area (Å²) in [6.07, 6.45) is 66.1. The molecule has 0 amide bonds. The van der Waals surface area contributed by atoms with Crippen LogP contribution >= 0.6 is 7.82 Å². The average Bonchev–Trinajstić information content (AvgIpc) is 3.27. The molecule has 0 aromatic rings. The van der Waals surface area contributed by atoms with Crippen molar-refractivity contribution in [2.75, 3.05) is 54.1 Å². The Morgan fingerprint density at radius 2 is 0.892 bits per heavy atom. The van der Waals surface area contributed by atoms with Crippen LogP contribution in [-0.2, 0) is 27.9 Å². The molecule has 9 heteroatoms. The molecular formula is C56H99NO7P+. The van der Waals surface area contributed by atoms with Crippen LogP contribution in [0.25, 0.3) is 0 Å². The fourth-order valence-electron chi connectivity index (χ4n) is 6.65. The normalized spacial score (nSPS) is 14.4. The molecule has 2 unspecified atom stereocenters. The Bertz CT molecular complexity index is 1360. The molecule has 0 aliphatic heterocycles. The first kappa shape index (κ1) is 62.4. The molecule has 0 bridgehead atoms. The van der Waals surface area contributed by atoms with Crippen molar-refractivity contribution in [1.82, 2.24) is 0 Å². The van der Waals surface area contributed by atoms with Gasteiger partial charge in [-0.2, -0.15) is 0 Å². The van der Waals surface area contributed by atoms with E-state index in [4.69, 9.17) is 18.5 Å². The van der Waals surface area contributed by atoms with E-state index in [2.05, 4.69) is 111 Å². The number of allylic oxidation sites excluding steroid dienone is 16. The predicted molar refractivity (Wildman–Crippen MR) is 279 cm³/mol. The van der Waals surface area contributed by atoms with E-state index in [1.54, 1.807) is 0 Å². The molecule has 0 aromatic heterocycles. The van der Waals surface area contributed by atoms with Crippen molar-refractivity contribution in [3.63, 3.8) is 0 Å². The number of hydrogen-bond donors (Lipinski definition) is 1. The number of likely N-dealkylation sites (N-methyl/N-ethyl adjacent to an activating group) is 1. The van der Waals surface area contributed by atoms with E-state index in [1.165, 1.54) is 103 Å². The van der Waals surface area contributed by atoms with Crippen LogP contribution in [0, 0.1) is 0 Å². The van der Waals surface area contributed by atoms with Gasteiger partial charge in [0.2, 0.25) is 0 Å². The minimum absolute atomic E-state index is 0.0723. The lowest BCUT2D eigenvalue weighted by atomic mass is 10.1. The molecule has 0 fully saturated rings. The molecule has 0 spiro atoms. The van der Waals surface area contributed by atoms with Gasteiger partial charge in [-0.15, -0.1) is 0 Å². The topological polar surface area (TPSA) is 91.3 Å². The van der Waals surface area contributed by atoms with Crippen molar-refractivity contribution in [3.8, 4) is 0 Å². The molecule has 0 aliphatic carbocycles. The summed E-state index contributed by atoms with van der Waals surface area (Å²) in [7, 11) is 1.62. The Morgan fingerprint density at radius 1 is 0.492 bits per heavy atom. The van der Waals surface area contributed by atoms with Gasteiger partial charge in [0.25, 0.3) is 0 Å². The Morgan fingerprint density at radius 3 is 1.34 bits per heavy atom. The number of quaternary nitrogens is 1. The first-order valence-electron chi connectivity index (χ1n) is 26.0. The number of unbranched alkanes of at least 4 members (excludes halogenated alkanes) is 17. The van der Waals surface area contributed by atoms with E-state index >= 15 is 0 Å². The Labute approximate surface area is 400 Å². The zero-order valence-corrected chi connectivity index (χ0v) is 43.3. The number of esters is 1. The summed E-state index contributed by atoms with van der Waals surface area (Å²) in [4.78, 5) is 23.0. The van der Waals surface area contributed by atoms with Gasteiger partial charge < -0.3 is 18.9 Å². The van der Waals surface area contributed by atoms with E-state index in [9.17, 15) is 14.3 Å². The lowest BCUT2D eigenvalue weighted by Gasteiger charge is -2.24. The molecule has 8 nitrogen and oxygen atoms in total. The third kappa shape index (κ3) is 52.3. The molecule has 0 saturated carbocycles. The van der Waals surface area contributed by atoms with Gasteiger partial charge in [-0.05, 0) is 89.9 Å². The first-order chi connectivity index (χ1) is 31.6. The molecule has 65 heavy (non-hydrogen) atoms. The van der Waals surface area contributed by atoms with Gasteiger partial charge in [0.15, 0.2) is 0 Å². The number of ether oxygens (including phenoxy) is 2. The van der Waals surface area contributed by atoms with Gasteiger partial charge in [-0.3, -0.25) is 13.8 Å². The Hall–Kier alpha value is -2.58. The molecule has 374 valence electrons. The molecule has 1 N–H and O–H groups in total. The zero-order chi connectivity index (χ0) is 47.6. The smallest absolute Gasteiger partial charge is 0.457 e. The highest BCUT2D eigenvalue weighted by Gasteiger charge is 2.26. The van der Waals surface area contributed by atoms with Crippen molar-refractivity contribution in [1.29, 1.82) is 0 Å². The van der Waals surface area contributed by atoms with E-state index in [-0.39, 0.29) is 32.2 Å². The van der Waals surface area contributed by atoms with E-state index < -0.39 is 13.9 Å². The van der Waals surface area contributed by atoms with Crippen molar-refractivity contribution in [2.24, 2.45) is 0 Å². The van der Waals surface area contributed by atoms with Crippen molar-refractivity contribution in [3.05, 3.63) is 97.2 Å². The maximum absolute atomic E-state index is 12.7. The highest BCUT2D eigenvalue weighted by molar-refractivity contribution is 7.47. The van der Waals surface area contributed by atoms with Gasteiger partial charge in [-0.1, -0.05) is 195 Å². The van der Waals surface area contributed by atoms with Crippen LogP contribution in [-0.4, -0.2) is 75.6 Å². The standard InChI is InChI=1S/C56H98NO7P/c1-6-8-10-12-14-16-18-20-22-24-25-26-27-28-29-30-31-32-34-36-38-40-42-44-46-48-51-61-53-55(54-63-65(59,60)62-52-50-57(3,4)5)64-56(58)49-47-45-43-41-39-37-35-33-23-21-19-17-15-13-11-9-7-2/h9,11,15,17-18,20-21,23-25,27-28,35,37,41,43,55H,6-8,10,12-14,16,19,22,26,29-34,36,38-40,42,44-54H2,1-5H3/p+1/b11-9-,17-15-,20-18-,23-21-,25-24-,28-27-,37-35-,43-41-. The molecule has 0 aromatic carbocycles. The number of nitrogens with zero attached hydrogens (tertiary/aromatic N) is 1. The van der Waals surface area contributed by atoms with Gasteiger partial charge >= 0.3 is 13.8 Å². The number of phosphoric ester groups is 1. The van der Waals surface area contributed by atoms with Crippen LogP contribution in [0.15, 0.2) is 97.2 Å². The number of carbonyl (C=O) groups is 1. The summed E-state index contributed by atoms with van der Waals surface area (Å²) in [5.41, 5.74) is 0. The third-order valence-corrected chi connectivity index (χ3v) is 11.6. The summed E-state index contributed by atoms with van der Waals surface area (Å²) in [5, 5.41) is 0. The van der Waals surface area contributed by atoms with Gasteiger partial charge in [0.05, 0.1) is 34.4 Å². The fraction of sp³-hybridized carbons (Fsp3) is 0.696. The third-order valence-electron chi connectivity index (χ3n) is 10.6. The Kier molecular flexibility index (Phi) is 46.0. The largest absolute Gasteiger partial charge is 0.472 e. The van der Waals surface area contributed by atoms with E-state index in [1.807, 2.05) is 21.1 Å². The van der Waals surface area contributed by atoms with Crippen molar-refractivity contribution < 1.29 is 37.3 Å². The molecule has 0 heterocycles. The van der Waals surface area contributed by atoms with Gasteiger partial charge in [0.1, 0.15) is 19.3 Å². The summed E-state index contributed by atoms with van der Waals surface area (Å²) >= 11 is 0. The number of carbonyl (C=O) groups excluding carboxylic acids is 1. The van der Waals surface area contributed by atoms with Crippen LogP contribution < -0.4 is 0 Å². The van der Waals surface area contributed by atoms with Gasteiger partial charge in [-0.25, -0.2) is 4.57 Å². The van der Waals surface area contributed by atoms with Crippen LogP contribution in [0.5, 0.6) is 0 Å². The highest BCUT2D eigenvalue weighted by atomic mass is 31.2. The molecule has 0 rings (SSSR count). The number of phosphoric acid groups is 1. The second-order valence-corrected chi connectivity index (χ2v) is 19.6. The summed E-state index contributed by atoms with van der Waals surface area (Å²) < 4.78 is 35.1. The van der Waals surface area contributed by atoms with Crippen molar-refractivity contribution in [2.45, 2.75) is 200 Å². The second kappa shape index (κ2) is 47.9. The monoisotopic (exact) mass is 929 g/mol. The van der Waals surface area contributed by atoms with Crippen LogP contribution in [0.3, 0.4) is 0 Å². The predicted octanol–water partition coefficient (Wildman–Crippen LogP) is 16.2.